The van der Waals surface area contributed by atoms with Crippen molar-refractivity contribution in [2.75, 3.05) is 64.7 Å². The lowest BCUT2D eigenvalue weighted by atomic mass is 9.65. The van der Waals surface area contributed by atoms with Crippen LogP contribution in [0, 0.1) is 71.0 Å². The Labute approximate surface area is 570 Å². The molecular weight excluding hydrogens is 1150 g/mol. The Balaban J connectivity index is 0.0000000916. The predicted molar refractivity (Wildman–Crippen MR) is 389 cm³/mol. The van der Waals surface area contributed by atoms with Gasteiger partial charge in [0.1, 0.15) is 0 Å². The van der Waals surface area contributed by atoms with Crippen LogP contribution in [-0.2, 0) is 9.47 Å². The van der Waals surface area contributed by atoms with Crippen LogP contribution in [0.15, 0.2) is 12.2 Å². The molecule has 28 aliphatic rings. The van der Waals surface area contributed by atoms with Crippen LogP contribution in [0.5, 0.6) is 0 Å². The van der Waals surface area contributed by atoms with Gasteiger partial charge in [0.15, 0.2) is 0 Å². The molecule has 10 heteroatoms. The highest BCUT2D eigenvalue weighted by Crippen LogP contribution is 2.46. The minimum absolute atomic E-state index is 0.550. The summed E-state index contributed by atoms with van der Waals surface area (Å²) in [5, 5.41) is 21.9. The number of fused-ring (bicyclic) bond motifs is 27. The van der Waals surface area contributed by atoms with E-state index in [9.17, 15) is 0 Å². The highest BCUT2D eigenvalue weighted by molar-refractivity contribution is 8.00. The summed E-state index contributed by atoms with van der Waals surface area (Å²) in [6, 6.07) is 5.48. The molecular formula is C82H145N7O2S. The SMILES string of the molecule is C1=CC2CNCC1C2.C1CC2CC(C1)C2.C1CC2CCC(C1)N2.C1CC2CCC1C2.C1CC2CCC1CC2.C1CC2CCC1CN2.C1CC2CCC1CS2.C1CC2CCC1N2.C1CC2CCC1O2.C1CC2CCN(C1)C2.C1CC2CNC(C1)C2.C1CC2CNCC1O2. The summed E-state index contributed by atoms with van der Waals surface area (Å²) in [4.78, 5) is 2.59. The minimum atomic E-state index is 0.550. The first kappa shape index (κ1) is 70.2. The van der Waals surface area contributed by atoms with Gasteiger partial charge in [-0.2, -0.15) is 11.8 Å². The molecule has 16 saturated heterocycles. The quantitative estimate of drug-likeness (QED) is 0.132. The second kappa shape index (κ2) is 37.4. The van der Waals surface area contributed by atoms with Gasteiger partial charge in [0.2, 0.25) is 0 Å². The fraction of sp³-hybridized carbons (Fsp3) is 0.976. The molecule has 11 saturated carbocycles. The van der Waals surface area contributed by atoms with E-state index in [1.54, 1.807) is 96.3 Å². The van der Waals surface area contributed by atoms with Crippen LogP contribution in [0.4, 0.5) is 0 Å². The van der Waals surface area contributed by atoms with E-state index in [4.69, 9.17) is 9.47 Å². The first-order chi connectivity index (χ1) is 45.4. The van der Waals surface area contributed by atoms with E-state index in [1.807, 2.05) is 0 Å². The lowest BCUT2D eigenvalue weighted by Gasteiger charge is -2.40. The highest BCUT2D eigenvalue weighted by atomic mass is 32.2. The van der Waals surface area contributed by atoms with Gasteiger partial charge in [-0.25, -0.2) is 0 Å². The Morgan fingerprint density at radius 1 is 0.283 bits per heavy atom. The Bertz CT molecular complexity index is 1610. The number of hydrogen-bond acceptors (Lipinski definition) is 10. The molecule has 12 aliphatic carbocycles. The van der Waals surface area contributed by atoms with Crippen LogP contribution in [-0.4, -0.2) is 135 Å². The molecule has 0 radical (unpaired) electrons. The van der Waals surface area contributed by atoms with Gasteiger partial charge < -0.3 is 46.3 Å². The first-order valence-corrected chi connectivity index (χ1v) is 43.2. The van der Waals surface area contributed by atoms with Gasteiger partial charge in [-0.3, -0.25) is 0 Å². The Morgan fingerprint density at radius 2 is 0.717 bits per heavy atom. The zero-order valence-corrected chi connectivity index (χ0v) is 60.2. The number of rotatable bonds is 0. The van der Waals surface area contributed by atoms with Gasteiger partial charge in [0.25, 0.3) is 0 Å². The number of morpholine rings is 1. The van der Waals surface area contributed by atoms with E-state index < -0.39 is 0 Å². The van der Waals surface area contributed by atoms with Crippen molar-refractivity contribution in [1.29, 1.82) is 0 Å². The van der Waals surface area contributed by atoms with Gasteiger partial charge in [-0.05, 0) is 308 Å². The van der Waals surface area contributed by atoms with Gasteiger partial charge in [0, 0.05) is 74.2 Å². The summed E-state index contributed by atoms with van der Waals surface area (Å²) in [7, 11) is 0. The second-order valence-electron chi connectivity index (χ2n) is 35.8. The monoisotopic (exact) mass is 1290 g/mol. The maximum Gasteiger partial charge on any atom is 0.0704 e. The van der Waals surface area contributed by atoms with Crippen molar-refractivity contribution in [3.63, 3.8) is 0 Å². The zero-order valence-electron chi connectivity index (χ0n) is 59.4. The molecule has 9 nitrogen and oxygen atoms in total. The molecule has 526 valence electrons. The lowest BCUT2D eigenvalue weighted by molar-refractivity contribution is 0.0184. The first-order valence-electron chi connectivity index (χ1n) is 42.1. The molecule has 10 atom stereocenters. The van der Waals surface area contributed by atoms with Crippen molar-refractivity contribution in [3.8, 4) is 0 Å². The molecule has 0 aromatic heterocycles. The van der Waals surface area contributed by atoms with Crippen LogP contribution < -0.4 is 31.9 Å². The maximum absolute atomic E-state index is 5.53. The molecule has 0 aromatic rings. The predicted octanol–water partition coefficient (Wildman–Crippen LogP) is 17.1. The van der Waals surface area contributed by atoms with Gasteiger partial charge >= 0.3 is 0 Å². The van der Waals surface area contributed by atoms with Crippen molar-refractivity contribution >= 4 is 11.8 Å². The summed E-state index contributed by atoms with van der Waals surface area (Å²) >= 11 is 2.21. The largest absolute Gasteiger partial charge is 0.375 e. The third-order valence-corrected chi connectivity index (χ3v) is 30.2. The van der Waals surface area contributed by atoms with E-state index in [-0.39, 0.29) is 0 Å². The van der Waals surface area contributed by atoms with E-state index >= 15 is 0 Å². The third kappa shape index (κ3) is 22.9. The van der Waals surface area contributed by atoms with Crippen LogP contribution in [0.1, 0.15) is 302 Å². The average molecular weight is 1290 g/mol. The van der Waals surface area contributed by atoms with Gasteiger partial charge in [-0.1, -0.05) is 108 Å². The Morgan fingerprint density at radius 3 is 1.04 bits per heavy atom. The molecule has 0 amide bonds. The molecule has 92 heavy (non-hydrogen) atoms. The molecule has 16 aliphatic heterocycles. The van der Waals surface area contributed by atoms with E-state index in [0.717, 1.165) is 102 Å². The number of nitrogens with one attached hydrogen (secondary N) is 6. The van der Waals surface area contributed by atoms with E-state index in [2.05, 4.69) is 60.7 Å². The Hall–Kier alpha value is -0.270. The zero-order chi connectivity index (χ0) is 61.9. The highest BCUT2D eigenvalue weighted by Gasteiger charge is 2.36. The van der Waals surface area contributed by atoms with Crippen LogP contribution in [0.2, 0.25) is 0 Å². The van der Waals surface area contributed by atoms with E-state index in [1.165, 1.54) is 281 Å². The van der Waals surface area contributed by atoms with Crippen molar-refractivity contribution in [1.82, 2.24) is 36.8 Å². The maximum atomic E-state index is 5.53. The van der Waals surface area contributed by atoms with Crippen molar-refractivity contribution in [2.24, 2.45) is 71.0 Å². The fourth-order valence-corrected chi connectivity index (χ4v) is 24.0. The Kier molecular flexibility index (Phi) is 28.5. The fourth-order valence-electron chi connectivity index (χ4n) is 22.5. The molecule has 16 heterocycles. The van der Waals surface area contributed by atoms with Crippen molar-refractivity contribution in [2.45, 2.75) is 368 Å². The molecule has 28 rings (SSSR count). The topological polar surface area (TPSA) is 93.9 Å². The van der Waals surface area contributed by atoms with Crippen LogP contribution in [0.3, 0.4) is 0 Å². The van der Waals surface area contributed by atoms with Gasteiger partial charge in [0.05, 0.1) is 24.4 Å². The molecule has 0 spiro atoms. The molecule has 0 aromatic carbocycles. The minimum Gasteiger partial charge on any atom is -0.375 e. The molecule has 6 N–H and O–H groups in total. The van der Waals surface area contributed by atoms with E-state index in [0.29, 0.717) is 24.4 Å². The average Bonchev–Trinajstić information content (AvgIpc) is 4.46. The molecule has 10 unspecified atom stereocenters. The number of ether oxygens (including phenoxy) is 2. The second-order valence-corrected chi connectivity index (χ2v) is 37.1. The summed E-state index contributed by atoms with van der Waals surface area (Å²) in [5.41, 5.74) is 0. The molecule has 27 fully saturated rings. The van der Waals surface area contributed by atoms with Crippen LogP contribution in [0.25, 0.3) is 0 Å². The summed E-state index contributed by atoms with van der Waals surface area (Å²) in [6.07, 6.45) is 76.9. The summed E-state index contributed by atoms with van der Waals surface area (Å²) in [6.45, 7) is 11.4. The number of nitrogens with zero attached hydrogens (tertiary/aromatic N) is 1. The number of piperidine rings is 5. The lowest BCUT2D eigenvalue weighted by Crippen LogP contribution is -2.44. The number of thioether (sulfide) groups is 1. The summed E-state index contributed by atoms with van der Waals surface area (Å²) in [5.74, 6) is 14.5. The normalized spacial score (nSPS) is 45.7. The van der Waals surface area contributed by atoms with Crippen molar-refractivity contribution < 1.29 is 9.47 Å². The van der Waals surface area contributed by atoms with Crippen LogP contribution >= 0.6 is 11.8 Å². The molecule has 24 bridgehead atoms. The smallest absolute Gasteiger partial charge is 0.0704 e. The van der Waals surface area contributed by atoms with Gasteiger partial charge in [-0.15, -0.1) is 0 Å². The summed E-state index contributed by atoms with van der Waals surface area (Å²) < 4.78 is 11.0. The number of hydrogen-bond donors (Lipinski definition) is 6. The third-order valence-electron chi connectivity index (χ3n) is 28.6. The standard InChI is InChI=1S/C8H14.C7H13N.C7H11N.3C7H13N.C7H12S.2C7H12.C6H11NO.C6H11N.C6H10O/c1-2-8-5-3-7(1)4-6-8;1-3-7-4-2-6(1)5-8-7;1-2-7-3-6(1)4-8-5-7;1-2-7-3-5-8(4-1)6-7;1-2-6-4-7(3-1)8-5-6;1-2-6-4-5-7(3-1)8-6;1-3-7-4-2-6(1)5-8-7;1-2-7-4-3-6(1)5-7;1-2-6-4-7(3-1)5-6;1-2-6-4-7-3-5(1)8-6;2*1-2-6-4-3-5(1)7-6/h7-8H,1-6H2;6-8H,1-5H2;1-2,6-8H,3-5H2;7H,1-6H2;2*6-8H,1-5H2;6-7H,1-5H2;2*6-7H,1-5H2;5-7H,1-4H2;5-7H,1-4H2;5-6H,1-4H2. The van der Waals surface area contributed by atoms with Crippen molar-refractivity contribution in [3.05, 3.63) is 12.2 Å².